The van der Waals surface area contributed by atoms with E-state index in [4.69, 9.17) is 19.3 Å². The van der Waals surface area contributed by atoms with Gasteiger partial charge in [0.25, 0.3) is 5.91 Å². The number of carbonyl (C=O) groups is 2. The van der Waals surface area contributed by atoms with Gasteiger partial charge in [0.2, 0.25) is 0 Å². The summed E-state index contributed by atoms with van der Waals surface area (Å²) in [5.41, 5.74) is 3.68. The highest BCUT2D eigenvalue weighted by atomic mass is 16.5. The number of pyridine rings is 1. The number of hydrazone groups is 1. The van der Waals surface area contributed by atoms with Crippen LogP contribution in [0.5, 0.6) is 17.2 Å². The van der Waals surface area contributed by atoms with Crippen LogP contribution < -0.4 is 19.6 Å². The van der Waals surface area contributed by atoms with E-state index in [1.54, 1.807) is 30.5 Å². The molecule has 2 aromatic carbocycles. The maximum Gasteiger partial charge on any atom is 0.344 e. The second kappa shape index (κ2) is 10.1. The SMILES string of the molecule is COc1cc(C=NNC(=O)COc2cccc3cccnc23)ccc1OC(C)C(=O)O. The van der Waals surface area contributed by atoms with Crippen molar-refractivity contribution in [1.82, 2.24) is 10.4 Å². The number of aliphatic carboxylic acids is 1. The molecule has 1 amide bonds. The van der Waals surface area contributed by atoms with E-state index in [-0.39, 0.29) is 12.4 Å². The van der Waals surface area contributed by atoms with Crippen molar-refractivity contribution >= 4 is 29.0 Å². The molecule has 160 valence electrons. The van der Waals surface area contributed by atoms with Crippen LogP contribution in [0.15, 0.2) is 59.8 Å². The van der Waals surface area contributed by atoms with Crippen LogP contribution in [0.3, 0.4) is 0 Å². The first-order chi connectivity index (χ1) is 15.0. The van der Waals surface area contributed by atoms with Gasteiger partial charge in [-0.2, -0.15) is 5.10 Å². The molecule has 0 aliphatic rings. The molecular formula is C22H21N3O6. The van der Waals surface area contributed by atoms with Crippen LogP contribution in [-0.4, -0.2) is 48.0 Å². The summed E-state index contributed by atoms with van der Waals surface area (Å²) in [5.74, 6) is -0.387. The van der Waals surface area contributed by atoms with Crippen molar-refractivity contribution in [2.75, 3.05) is 13.7 Å². The van der Waals surface area contributed by atoms with Crippen LogP contribution in [0.2, 0.25) is 0 Å². The average Bonchev–Trinajstić information content (AvgIpc) is 2.78. The Morgan fingerprint density at radius 1 is 1.16 bits per heavy atom. The number of amides is 1. The number of benzene rings is 2. The highest BCUT2D eigenvalue weighted by molar-refractivity contribution is 5.86. The molecule has 31 heavy (non-hydrogen) atoms. The average molecular weight is 423 g/mol. The molecule has 9 heteroatoms. The number of nitrogens with one attached hydrogen (secondary N) is 1. The molecular weight excluding hydrogens is 402 g/mol. The van der Waals surface area contributed by atoms with Gasteiger partial charge in [0.15, 0.2) is 24.2 Å². The van der Waals surface area contributed by atoms with Crippen molar-refractivity contribution in [2.45, 2.75) is 13.0 Å². The van der Waals surface area contributed by atoms with Crippen molar-refractivity contribution in [3.8, 4) is 17.2 Å². The highest BCUT2D eigenvalue weighted by Gasteiger charge is 2.15. The number of carboxylic acids is 1. The molecule has 0 aliphatic heterocycles. The first-order valence-corrected chi connectivity index (χ1v) is 9.34. The van der Waals surface area contributed by atoms with E-state index in [0.717, 1.165) is 5.39 Å². The van der Waals surface area contributed by atoms with E-state index in [1.807, 2.05) is 24.3 Å². The number of nitrogens with zero attached hydrogens (tertiary/aromatic N) is 2. The predicted octanol–water partition coefficient (Wildman–Crippen LogP) is 2.62. The van der Waals surface area contributed by atoms with Crippen LogP contribution in [0, 0.1) is 0 Å². The Morgan fingerprint density at radius 2 is 1.97 bits per heavy atom. The molecule has 0 bridgehead atoms. The van der Waals surface area contributed by atoms with Gasteiger partial charge in [-0.3, -0.25) is 9.78 Å². The highest BCUT2D eigenvalue weighted by Crippen LogP contribution is 2.28. The molecule has 0 fully saturated rings. The Labute approximate surface area is 178 Å². The fraction of sp³-hybridized carbons (Fsp3) is 0.182. The van der Waals surface area contributed by atoms with Gasteiger partial charge in [-0.15, -0.1) is 0 Å². The minimum absolute atomic E-state index is 0.226. The second-order valence-electron chi connectivity index (χ2n) is 6.42. The number of ether oxygens (including phenoxy) is 3. The number of carboxylic acid groups (broad SMARTS) is 1. The molecule has 0 saturated heterocycles. The molecule has 1 atom stereocenters. The topological polar surface area (TPSA) is 119 Å². The number of hydrogen-bond donors (Lipinski definition) is 2. The molecule has 0 aliphatic carbocycles. The second-order valence-corrected chi connectivity index (χ2v) is 6.42. The first kappa shape index (κ1) is 21.6. The van der Waals surface area contributed by atoms with Crippen LogP contribution in [0.4, 0.5) is 0 Å². The summed E-state index contributed by atoms with van der Waals surface area (Å²) in [4.78, 5) is 27.2. The number of methoxy groups -OCH3 is 1. The molecule has 2 N–H and O–H groups in total. The zero-order chi connectivity index (χ0) is 22.2. The monoisotopic (exact) mass is 423 g/mol. The molecule has 1 unspecified atom stereocenters. The Kier molecular flexibility index (Phi) is 7.00. The summed E-state index contributed by atoms with van der Waals surface area (Å²) < 4.78 is 16.1. The largest absolute Gasteiger partial charge is 0.493 e. The summed E-state index contributed by atoms with van der Waals surface area (Å²) in [6, 6.07) is 14.0. The number of carbonyl (C=O) groups excluding carboxylic acids is 1. The minimum Gasteiger partial charge on any atom is -0.493 e. The van der Waals surface area contributed by atoms with Gasteiger partial charge in [0.1, 0.15) is 11.3 Å². The molecule has 3 rings (SSSR count). The van der Waals surface area contributed by atoms with Crippen molar-refractivity contribution in [3.05, 3.63) is 60.3 Å². The maximum atomic E-state index is 12.0. The van der Waals surface area contributed by atoms with Gasteiger partial charge in [-0.25, -0.2) is 10.2 Å². The lowest BCUT2D eigenvalue weighted by Gasteiger charge is -2.14. The zero-order valence-electron chi connectivity index (χ0n) is 16.9. The Bertz CT molecular complexity index is 1110. The van der Waals surface area contributed by atoms with Gasteiger partial charge >= 0.3 is 5.97 Å². The van der Waals surface area contributed by atoms with E-state index >= 15 is 0 Å². The Balaban J connectivity index is 1.57. The summed E-state index contributed by atoms with van der Waals surface area (Å²) in [6.07, 6.45) is 2.06. The number of fused-ring (bicyclic) bond motifs is 1. The summed E-state index contributed by atoms with van der Waals surface area (Å²) in [6.45, 7) is 1.19. The van der Waals surface area contributed by atoms with Gasteiger partial charge in [-0.05, 0) is 42.8 Å². The molecule has 3 aromatic rings. The quantitative estimate of drug-likeness (QED) is 0.401. The lowest BCUT2D eigenvalue weighted by atomic mass is 10.2. The van der Waals surface area contributed by atoms with Crippen LogP contribution in [0.1, 0.15) is 12.5 Å². The van der Waals surface area contributed by atoms with Crippen molar-refractivity contribution in [1.29, 1.82) is 0 Å². The lowest BCUT2D eigenvalue weighted by Crippen LogP contribution is -2.24. The number of hydrogen-bond acceptors (Lipinski definition) is 7. The van der Waals surface area contributed by atoms with Crippen molar-refractivity contribution in [2.24, 2.45) is 5.10 Å². The molecule has 1 heterocycles. The third-order valence-electron chi connectivity index (χ3n) is 4.20. The van der Waals surface area contributed by atoms with Crippen LogP contribution in [-0.2, 0) is 9.59 Å². The Morgan fingerprint density at radius 3 is 2.74 bits per heavy atom. The summed E-state index contributed by atoms with van der Waals surface area (Å²) in [5, 5.41) is 13.8. The predicted molar refractivity (Wildman–Crippen MR) is 114 cm³/mol. The van der Waals surface area contributed by atoms with Gasteiger partial charge in [0.05, 0.1) is 13.3 Å². The molecule has 0 radical (unpaired) electrons. The smallest absolute Gasteiger partial charge is 0.344 e. The van der Waals surface area contributed by atoms with Crippen LogP contribution >= 0.6 is 0 Å². The van der Waals surface area contributed by atoms with E-state index in [0.29, 0.717) is 22.6 Å². The standard InChI is InChI=1S/C22H21N3O6/c1-14(22(27)28)31-17-9-8-15(11-19(17)29-2)12-24-25-20(26)13-30-18-7-3-5-16-6-4-10-23-21(16)18/h3-12,14H,13H2,1-2H3,(H,25,26)(H,27,28). The maximum absolute atomic E-state index is 12.0. The fourth-order valence-electron chi connectivity index (χ4n) is 2.65. The van der Waals surface area contributed by atoms with E-state index in [1.165, 1.54) is 20.2 Å². The van der Waals surface area contributed by atoms with E-state index < -0.39 is 18.0 Å². The third kappa shape index (κ3) is 5.69. The van der Waals surface area contributed by atoms with E-state index in [9.17, 15) is 9.59 Å². The molecule has 9 nitrogen and oxygen atoms in total. The third-order valence-corrected chi connectivity index (χ3v) is 4.20. The summed E-state index contributed by atoms with van der Waals surface area (Å²) >= 11 is 0. The van der Waals surface area contributed by atoms with Crippen molar-refractivity contribution in [3.63, 3.8) is 0 Å². The zero-order valence-corrected chi connectivity index (χ0v) is 16.9. The molecule has 0 saturated carbocycles. The van der Waals surface area contributed by atoms with Gasteiger partial charge in [-0.1, -0.05) is 18.2 Å². The first-order valence-electron chi connectivity index (χ1n) is 9.34. The minimum atomic E-state index is -1.09. The Hall–Kier alpha value is -4.14. The van der Waals surface area contributed by atoms with E-state index in [2.05, 4.69) is 15.5 Å². The fourth-order valence-corrected chi connectivity index (χ4v) is 2.65. The number of rotatable bonds is 9. The van der Waals surface area contributed by atoms with Gasteiger partial charge < -0.3 is 19.3 Å². The summed E-state index contributed by atoms with van der Waals surface area (Å²) in [7, 11) is 1.44. The van der Waals surface area contributed by atoms with Gasteiger partial charge in [0, 0.05) is 11.6 Å². The molecule has 0 spiro atoms. The van der Waals surface area contributed by atoms with Crippen LogP contribution in [0.25, 0.3) is 10.9 Å². The molecule has 1 aromatic heterocycles. The number of para-hydroxylation sites is 1. The normalized spacial score (nSPS) is 11.8. The number of aromatic nitrogens is 1. The van der Waals surface area contributed by atoms with Crippen molar-refractivity contribution < 1.29 is 28.9 Å². The lowest BCUT2D eigenvalue weighted by molar-refractivity contribution is -0.144.